The molecular formula is C19H21F3N6O2. The van der Waals surface area contributed by atoms with Gasteiger partial charge in [0.1, 0.15) is 18.4 Å². The second-order valence-electron chi connectivity index (χ2n) is 7.49. The number of aromatic hydroxyl groups is 1. The van der Waals surface area contributed by atoms with Crippen LogP contribution in [0.25, 0.3) is 5.57 Å². The lowest BCUT2D eigenvalue weighted by molar-refractivity contribution is -0.159. The molecule has 4 heterocycles. The Labute approximate surface area is 170 Å². The molecule has 2 atom stereocenters. The van der Waals surface area contributed by atoms with Gasteiger partial charge in [-0.3, -0.25) is 4.79 Å². The molecular weight excluding hydrogens is 401 g/mol. The third kappa shape index (κ3) is 3.83. The number of aromatic nitrogens is 2. The Kier molecular flexibility index (Phi) is 5.12. The number of hydrogen-bond acceptors (Lipinski definition) is 7. The predicted octanol–water partition coefficient (Wildman–Crippen LogP) is 2.05. The van der Waals surface area contributed by atoms with Crippen LogP contribution in [0.5, 0.6) is 5.75 Å². The number of allylic oxidation sites excluding steroid dienone is 1. The second kappa shape index (κ2) is 7.62. The van der Waals surface area contributed by atoms with Crippen LogP contribution in [0.4, 0.5) is 19.0 Å². The maximum atomic E-state index is 12.7. The lowest BCUT2D eigenvalue weighted by Crippen LogP contribution is -2.47. The fraction of sp³-hybridized carbons (Fsp3) is 0.474. The van der Waals surface area contributed by atoms with Gasteiger partial charge in [0, 0.05) is 31.6 Å². The number of hydrogen-bond donors (Lipinski definition) is 2. The van der Waals surface area contributed by atoms with Gasteiger partial charge < -0.3 is 20.2 Å². The molecule has 1 unspecified atom stereocenters. The smallest absolute Gasteiger partial charge is 0.406 e. The average Bonchev–Trinajstić information content (AvgIpc) is 3.34. The van der Waals surface area contributed by atoms with E-state index in [0.717, 1.165) is 24.9 Å². The number of aliphatic imine (C=N–C) groups is 1. The highest BCUT2D eigenvalue weighted by Crippen LogP contribution is 2.36. The van der Waals surface area contributed by atoms with Crippen molar-refractivity contribution < 1.29 is 23.1 Å². The number of alkyl halides is 3. The van der Waals surface area contributed by atoms with Gasteiger partial charge >= 0.3 is 6.18 Å². The Morgan fingerprint density at radius 1 is 1.43 bits per heavy atom. The van der Waals surface area contributed by atoms with Gasteiger partial charge in [0.25, 0.3) is 0 Å². The summed E-state index contributed by atoms with van der Waals surface area (Å²) in [5.74, 6) is 0.408. The molecule has 0 bridgehead atoms. The summed E-state index contributed by atoms with van der Waals surface area (Å²) in [6.07, 6.45) is 3.90. The van der Waals surface area contributed by atoms with Crippen molar-refractivity contribution in [3.05, 3.63) is 30.5 Å². The molecule has 1 amide bonds. The first-order valence-electron chi connectivity index (χ1n) is 9.58. The van der Waals surface area contributed by atoms with Gasteiger partial charge in [-0.25, -0.2) is 15.0 Å². The van der Waals surface area contributed by atoms with Crippen molar-refractivity contribution in [1.29, 1.82) is 0 Å². The normalized spacial score (nSPS) is 23.0. The van der Waals surface area contributed by atoms with Gasteiger partial charge in [-0.1, -0.05) is 6.08 Å². The maximum Gasteiger partial charge on any atom is 0.406 e. The van der Waals surface area contributed by atoms with Crippen molar-refractivity contribution in [2.75, 3.05) is 25.0 Å². The van der Waals surface area contributed by atoms with Crippen LogP contribution >= 0.6 is 0 Å². The zero-order chi connectivity index (χ0) is 21.5. The zero-order valence-corrected chi connectivity index (χ0v) is 16.2. The number of fused-ring (bicyclic) bond motifs is 1. The molecule has 4 rings (SSSR count). The zero-order valence-electron chi connectivity index (χ0n) is 16.2. The van der Waals surface area contributed by atoms with Crippen LogP contribution in [0, 0.1) is 5.92 Å². The van der Waals surface area contributed by atoms with E-state index in [1.807, 2.05) is 6.08 Å². The van der Waals surface area contributed by atoms with Crippen LogP contribution in [0.15, 0.2) is 29.7 Å². The van der Waals surface area contributed by atoms with Crippen molar-refractivity contribution in [2.45, 2.75) is 31.5 Å². The molecule has 8 nitrogen and oxygen atoms in total. The third-order valence-electron chi connectivity index (χ3n) is 5.38. The number of amidine groups is 1. The molecule has 160 valence electrons. The highest BCUT2D eigenvalue weighted by Gasteiger charge is 2.39. The molecule has 0 aliphatic carbocycles. The lowest BCUT2D eigenvalue weighted by atomic mass is 9.95. The number of carbonyl (C=O) groups excluding carboxylic acids is 1. The summed E-state index contributed by atoms with van der Waals surface area (Å²) in [7, 11) is 1.13. The first-order chi connectivity index (χ1) is 14.2. The molecule has 3 aliphatic heterocycles. The van der Waals surface area contributed by atoms with Crippen molar-refractivity contribution in [3.8, 4) is 5.75 Å². The number of nitrogens with zero attached hydrogens (tertiary/aromatic N) is 5. The van der Waals surface area contributed by atoms with Crippen LogP contribution in [0.3, 0.4) is 0 Å². The monoisotopic (exact) mass is 422 g/mol. The van der Waals surface area contributed by atoms with E-state index >= 15 is 0 Å². The summed E-state index contributed by atoms with van der Waals surface area (Å²) in [6, 6.07) is -0.823. The molecule has 11 heteroatoms. The average molecular weight is 422 g/mol. The van der Waals surface area contributed by atoms with Gasteiger partial charge in [-0.05, 0) is 19.3 Å². The molecule has 1 saturated heterocycles. The van der Waals surface area contributed by atoms with Crippen molar-refractivity contribution in [1.82, 2.24) is 20.2 Å². The van der Waals surface area contributed by atoms with Crippen LogP contribution in [0.1, 0.15) is 25.1 Å². The molecule has 3 aliphatic rings. The maximum absolute atomic E-state index is 12.7. The Balaban J connectivity index is 1.59. The van der Waals surface area contributed by atoms with Gasteiger partial charge in [0.15, 0.2) is 17.4 Å². The minimum Gasteiger partial charge on any atom is -0.503 e. The third-order valence-corrected chi connectivity index (χ3v) is 5.38. The van der Waals surface area contributed by atoms with E-state index in [2.05, 4.69) is 20.3 Å². The molecule has 1 aromatic heterocycles. The first kappa shape index (κ1) is 20.2. The minimum atomic E-state index is -4.48. The summed E-state index contributed by atoms with van der Waals surface area (Å²) in [6.45, 7) is -0.927. The Hall–Kier alpha value is -3.11. The number of nitrogens with one attached hydrogen (secondary N) is 1. The first-order valence-corrected chi connectivity index (χ1v) is 9.58. The molecule has 1 aromatic rings. The van der Waals surface area contributed by atoms with Crippen LogP contribution in [-0.2, 0) is 4.79 Å². The van der Waals surface area contributed by atoms with Crippen LogP contribution in [-0.4, -0.2) is 64.1 Å². The summed E-state index contributed by atoms with van der Waals surface area (Å²) in [5, 5.41) is 13.4. The topological polar surface area (TPSA) is 94.0 Å². The number of halogens is 3. The SMILES string of the molecule is CN(CC(F)(F)F)C(=O)[C@H]1CCCN1c1nc(C2=CNC3=NC=CCC23)ncc1O. The minimum absolute atomic E-state index is 0.0266. The van der Waals surface area contributed by atoms with Gasteiger partial charge in [-0.2, -0.15) is 13.2 Å². The summed E-state index contributed by atoms with van der Waals surface area (Å²) in [5.41, 5.74) is 0.801. The second-order valence-corrected chi connectivity index (χ2v) is 7.49. The van der Waals surface area contributed by atoms with Crippen LogP contribution < -0.4 is 10.2 Å². The largest absolute Gasteiger partial charge is 0.503 e. The summed E-state index contributed by atoms with van der Waals surface area (Å²) < 4.78 is 38.1. The molecule has 2 N–H and O–H groups in total. The predicted molar refractivity (Wildman–Crippen MR) is 104 cm³/mol. The quantitative estimate of drug-likeness (QED) is 0.772. The molecule has 0 spiro atoms. The van der Waals surface area contributed by atoms with E-state index in [1.54, 1.807) is 17.3 Å². The van der Waals surface area contributed by atoms with E-state index < -0.39 is 24.7 Å². The fourth-order valence-corrected chi connectivity index (χ4v) is 4.01. The van der Waals surface area contributed by atoms with E-state index in [-0.39, 0.29) is 17.5 Å². The number of amides is 1. The number of anilines is 1. The van der Waals surface area contributed by atoms with E-state index in [4.69, 9.17) is 0 Å². The highest BCUT2D eigenvalue weighted by molar-refractivity contribution is 6.01. The Morgan fingerprint density at radius 3 is 3.00 bits per heavy atom. The number of carbonyl (C=O) groups is 1. The Morgan fingerprint density at radius 2 is 2.23 bits per heavy atom. The lowest BCUT2D eigenvalue weighted by Gasteiger charge is -2.29. The number of rotatable bonds is 4. The summed E-state index contributed by atoms with van der Waals surface area (Å²) >= 11 is 0. The van der Waals surface area contributed by atoms with Crippen molar-refractivity contribution in [3.63, 3.8) is 0 Å². The number of likely N-dealkylation sites (N-methyl/N-ethyl adjacent to an activating group) is 1. The van der Waals surface area contributed by atoms with Gasteiger partial charge in [-0.15, -0.1) is 0 Å². The summed E-state index contributed by atoms with van der Waals surface area (Å²) in [4.78, 5) is 27.9. The highest BCUT2D eigenvalue weighted by atomic mass is 19.4. The Bertz CT molecular complexity index is 943. The molecule has 0 aromatic carbocycles. The molecule has 0 saturated carbocycles. The molecule has 30 heavy (non-hydrogen) atoms. The molecule has 1 fully saturated rings. The van der Waals surface area contributed by atoms with Crippen molar-refractivity contribution >= 4 is 23.1 Å². The standard InChI is InChI=1S/C19H21F3N6O2/c1-27(10-19(20,21)22)18(30)13-5-3-7-28(13)17-14(29)9-25-16(26-17)12-8-24-15-11(12)4-2-6-23-15/h2,6,8-9,11,13,29H,3-5,7,10H2,1H3,(H,23,24)/t11?,13-/m1/s1. The van der Waals surface area contributed by atoms with E-state index in [0.29, 0.717) is 30.1 Å². The van der Waals surface area contributed by atoms with Gasteiger partial charge in [0.05, 0.1) is 12.1 Å². The van der Waals surface area contributed by atoms with E-state index in [9.17, 15) is 23.1 Å². The van der Waals surface area contributed by atoms with E-state index in [1.165, 1.54) is 6.20 Å². The van der Waals surface area contributed by atoms with Crippen molar-refractivity contribution in [2.24, 2.45) is 10.9 Å². The molecule has 0 radical (unpaired) electrons. The van der Waals surface area contributed by atoms with Gasteiger partial charge in [0.2, 0.25) is 5.91 Å². The fourth-order valence-electron chi connectivity index (χ4n) is 4.01. The van der Waals surface area contributed by atoms with Crippen LogP contribution in [0.2, 0.25) is 0 Å².